The number of amides is 1. The third-order valence-corrected chi connectivity index (χ3v) is 5.95. The smallest absolute Gasteiger partial charge is 0.306 e. The molecule has 1 atom stereocenters. The van der Waals surface area contributed by atoms with E-state index in [9.17, 15) is 18.0 Å². The summed E-state index contributed by atoms with van der Waals surface area (Å²) in [6, 6.07) is 1.54. The van der Waals surface area contributed by atoms with Crippen LogP contribution in [-0.4, -0.2) is 60.9 Å². The van der Waals surface area contributed by atoms with Crippen LogP contribution in [0.25, 0.3) is 0 Å². The zero-order valence-electron chi connectivity index (χ0n) is 12.6. The van der Waals surface area contributed by atoms with E-state index in [2.05, 4.69) is 5.32 Å². The fourth-order valence-electron chi connectivity index (χ4n) is 2.77. The van der Waals surface area contributed by atoms with E-state index in [1.807, 2.05) is 6.07 Å². The lowest BCUT2D eigenvalue weighted by molar-refractivity contribution is -0.145. The maximum atomic E-state index is 12.3. The quantitative estimate of drug-likeness (QED) is 0.521. The zero-order valence-corrected chi connectivity index (χ0v) is 13.4. The van der Waals surface area contributed by atoms with Gasteiger partial charge < -0.3 is 15.3 Å². The number of aliphatic carboxylic acids is 1. The van der Waals surface area contributed by atoms with Crippen molar-refractivity contribution in [3.8, 4) is 6.07 Å². The van der Waals surface area contributed by atoms with Gasteiger partial charge in [0, 0.05) is 25.3 Å². The number of piperidine rings is 1. The highest BCUT2D eigenvalue weighted by atomic mass is 32.2. The molecule has 0 saturated carbocycles. The Balaban J connectivity index is 1.93. The lowest BCUT2D eigenvalue weighted by Crippen LogP contribution is -2.41. The molecule has 2 saturated heterocycles. The highest BCUT2D eigenvalue weighted by molar-refractivity contribution is 7.91. The van der Waals surface area contributed by atoms with Crippen molar-refractivity contribution in [2.24, 2.45) is 5.92 Å². The second-order valence-corrected chi connectivity index (χ2v) is 8.07. The fraction of sp³-hybridized carbons (Fsp3) is 0.643. The van der Waals surface area contributed by atoms with Crippen LogP contribution in [0.1, 0.15) is 19.3 Å². The Hall–Kier alpha value is -2.08. The van der Waals surface area contributed by atoms with Crippen LogP contribution in [0.15, 0.2) is 11.8 Å². The minimum Gasteiger partial charge on any atom is -0.481 e. The molecule has 1 unspecified atom stereocenters. The number of nitrogens with one attached hydrogen (secondary N) is 1. The van der Waals surface area contributed by atoms with Gasteiger partial charge >= 0.3 is 5.97 Å². The SMILES string of the molecule is N#C/C(=C/NC1CCS(=O)(=O)C1)C(=O)N1CCC(C(=O)O)CC1. The Morgan fingerprint density at radius 3 is 2.39 bits per heavy atom. The first kappa shape index (κ1) is 17.3. The number of likely N-dealkylation sites (tertiary alicyclic amines) is 1. The van der Waals surface area contributed by atoms with E-state index in [1.165, 1.54) is 11.1 Å². The van der Waals surface area contributed by atoms with Gasteiger partial charge in [-0.25, -0.2) is 8.42 Å². The van der Waals surface area contributed by atoms with E-state index in [0.29, 0.717) is 32.4 Å². The van der Waals surface area contributed by atoms with Gasteiger partial charge in [0.1, 0.15) is 11.6 Å². The maximum absolute atomic E-state index is 12.3. The zero-order chi connectivity index (χ0) is 17.0. The minimum absolute atomic E-state index is 0.000402. The summed E-state index contributed by atoms with van der Waals surface area (Å²) in [6.45, 7) is 0.596. The molecule has 0 aromatic carbocycles. The molecule has 2 aliphatic heterocycles. The van der Waals surface area contributed by atoms with E-state index in [-0.39, 0.29) is 23.1 Å². The van der Waals surface area contributed by atoms with Crippen LogP contribution >= 0.6 is 0 Å². The van der Waals surface area contributed by atoms with Crippen molar-refractivity contribution in [2.45, 2.75) is 25.3 Å². The van der Waals surface area contributed by atoms with Gasteiger partial charge in [0.25, 0.3) is 5.91 Å². The first-order chi connectivity index (χ1) is 10.8. The largest absolute Gasteiger partial charge is 0.481 e. The monoisotopic (exact) mass is 341 g/mol. The number of hydrogen-bond acceptors (Lipinski definition) is 6. The average Bonchev–Trinajstić information content (AvgIpc) is 2.87. The number of carbonyl (C=O) groups excluding carboxylic acids is 1. The molecule has 2 rings (SSSR count). The summed E-state index contributed by atoms with van der Waals surface area (Å²) in [5, 5.41) is 20.9. The number of carboxylic acids is 1. The summed E-state index contributed by atoms with van der Waals surface area (Å²) in [6.07, 6.45) is 2.47. The molecular weight excluding hydrogens is 322 g/mol. The minimum atomic E-state index is -3.03. The topological polar surface area (TPSA) is 128 Å². The van der Waals surface area contributed by atoms with Gasteiger partial charge in [-0.1, -0.05) is 0 Å². The van der Waals surface area contributed by atoms with Gasteiger partial charge in [0.05, 0.1) is 17.4 Å². The van der Waals surface area contributed by atoms with Crippen LogP contribution in [-0.2, 0) is 19.4 Å². The lowest BCUT2D eigenvalue weighted by Gasteiger charge is -2.29. The first-order valence-electron chi connectivity index (χ1n) is 7.41. The van der Waals surface area contributed by atoms with Crippen molar-refractivity contribution in [1.82, 2.24) is 10.2 Å². The van der Waals surface area contributed by atoms with Gasteiger partial charge in [0.2, 0.25) is 0 Å². The molecule has 2 heterocycles. The molecule has 1 amide bonds. The van der Waals surface area contributed by atoms with Crippen molar-refractivity contribution in [3.05, 3.63) is 11.8 Å². The fourth-order valence-corrected chi connectivity index (χ4v) is 4.46. The number of carbonyl (C=O) groups is 2. The summed E-state index contributed by atoms with van der Waals surface area (Å²) in [5.74, 6) is -1.66. The predicted molar refractivity (Wildman–Crippen MR) is 80.8 cm³/mol. The van der Waals surface area contributed by atoms with Crippen molar-refractivity contribution in [3.63, 3.8) is 0 Å². The van der Waals surface area contributed by atoms with Crippen LogP contribution < -0.4 is 5.32 Å². The van der Waals surface area contributed by atoms with Gasteiger partial charge in [-0.3, -0.25) is 9.59 Å². The van der Waals surface area contributed by atoms with Gasteiger partial charge in [0.15, 0.2) is 9.84 Å². The maximum Gasteiger partial charge on any atom is 0.306 e. The highest BCUT2D eigenvalue weighted by Crippen LogP contribution is 2.19. The van der Waals surface area contributed by atoms with Gasteiger partial charge in [-0.05, 0) is 19.3 Å². The molecule has 8 nitrogen and oxygen atoms in total. The Morgan fingerprint density at radius 2 is 1.91 bits per heavy atom. The molecule has 2 aliphatic rings. The highest BCUT2D eigenvalue weighted by Gasteiger charge is 2.30. The molecule has 0 bridgehead atoms. The second kappa shape index (κ2) is 7.00. The Bertz CT molecular complexity index is 656. The van der Waals surface area contributed by atoms with Crippen molar-refractivity contribution < 1.29 is 23.1 Å². The number of rotatable bonds is 4. The van der Waals surface area contributed by atoms with Crippen LogP contribution in [0.4, 0.5) is 0 Å². The third-order valence-electron chi connectivity index (χ3n) is 4.18. The predicted octanol–water partition coefficient (Wildman–Crippen LogP) is -0.506. The number of sulfone groups is 1. The number of nitrogens with zero attached hydrogens (tertiary/aromatic N) is 2. The van der Waals surface area contributed by atoms with Crippen molar-refractivity contribution in [2.75, 3.05) is 24.6 Å². The van der Waals surface area contributed by atoms with E-state index in [4.69, 9.17) is 10.4 Å². The molecule has 2 fully saturated rings. The molecule has 0 spiro atoms. The van der Waals surface area contributed by atoms with E-state index < -0.39 is 27.6 Å². The molecule has 0 aromatic heterocycles. The van der Waals surface area contributed by atoms with Crippen molar-refractivity contribution in [1.29, 1.82) is 5.26 Å². The Kier molecular flexibility index (Phi) is 5.26. The van der Waals surface area contributed by atoms with Gasteiger partial charge in [-0.15, -0.1) is 0 Å². The molecule has 126 valence electrons. The number of hydrogen-bond donors (Lipinski definition) is 2. The summed E-state index contributed by atoms with van der Waals surface area (Å²) in [4.78, 5) is 24.6. The van der Waals surface area contributed by atoms with Crippen LogP contribution in [0.5, 0.6) is 0 Å². The number of nitriles is 1. The van der Waals surface area contributed by atoms with Crippen LogP contribution in [0, 0.1) is 17.2 Å². The standard InChI is InChI=1S/C14H19N3O5S/c15-7-11(8-16-12-3-6-23(21,22)9-12)13(18)17-4-1-10(2-5-17)14(19)20/h8,10,12,16H,1-6,9H2,(H,19,20)/b11-8-. The van der Waals surface area contributed by atoms with E-state index in [1.54, 1.807) is 0 Å². The average molecular weight is 341 g/mol. The number of carboxylic acid groups (broad SMARTS) is 1. The van der Waals surface area contributed by atoms with Crippen LogP contribution in [0.3, 0.4) is 0 Å². The van der Waals surface area contributed by atoms with E-state index in [0.717, 1.165) is 0 Å². The Labute approximate surface area is 134 Å². The van der Waals surface area contributed by atoms with E-state index >= 15 is 0 Å². The molecule has 0 aliphatic carbocycles. The molecule has 0 radical (unpaired) electrons. The summed E-state index contributed by atoms with van der Waals surface area (Å²) in [7, 11) is -3.03. The third kappa shape index (κ3) is 4.45. The van der Waals surface area contributed by atoms with Crippen LogP contribution in [0.2, 0.25) is 0 Å². The summed E-state index contributed by atoms with van der Waals surface area (Å²) in [5.41, 5.74) is -0.0944. The molecular formula is C14H19N3O5S. The lowest BCUT2D eigenvalue weighted by atomic mass is 9.97. The molecule has 23 heavy (non-hydrogen) atoms. The van der Waals surface area contributed by atoms with Crippen molar-refractivity contribution >= 4 is 21.7 Å². The summed E-state index contributed by atoms with van der Waals surface area (Å²) < 4.78 is 22.7. The van der Waals surface area contributed by atoms with Gasteiger partial charge in [-0.2, -0.15) is 5.26 Å². The molecule has 9 heteroatoms. The normalized spacial score (nSPS) is 24.9. The summed E-state index contributed by atoms with van der Waals surface area (Å²) >= 11 is 0. The Morgan fingerprint density at radius 1 is 1.26 bits per heavy atom. The second-order valence-electron chi connectivity index (χ2n) is 5.84. The molecule has 0 aromatic rings. The molecule has 2 N–H and O–H groups in total. The first-order valence-corrected chi connectivity index (χ1v) is 9.23.